The second-order valence-electron chi connectivity index (χ2n) is 3.37. The van der Waals surface area contributed by atoms with Crippen LogP contribution in [-0.4, -0.2) is 0 Å². The van der Waals surface area contributed by atoms with E-state index in [4.69, 9.17) is 6.42 Å². The van der Waals surface area contributed by atoms with Gasteiger partial charge in [-0.15, -0.1) is 12.3 Å². The van der Waals surface area contributed by atoms with Gasteiger partial charge >= 0.3 is 0 Å². The van der Waals surface area contributed by atoms with Gasteiger partial charge in [-0.1, -0.05) is 19.1 Å². The van der Waals surface area contributed by atoms with Crippen LogP contribution in [-0.2, 0) is 6.42 Å². The van der Waals surface area contributed by atoms with Crippen LogP contribution in [0.4, 0.5) is 4.39 Å². The van der Waals surface area contributed by atoms with E-state index in [1.165, 1.54) is 0 Å². The first kappa shape index (κ1) is 9.80. The predicted molar refractivity (Wildman–Crippen MR) is 52.8 cm³/mol. The third-order valence-electron chi connectivity index (χ3n) is 2.02. The molecule has 0 amide bonds. The predicted octanol–water partition coefficient (Wildman–Crippen LogP) is 2.95. The molecule has 0 aliphatic carbocycles. The largest absolute Gasteiger partial charge is 0.207 e. The highest BCUT2D eigenvalue weighted by Gasteiger charge is 2.05. The summed E-state index contributed by atoms with van der Waals surface area (Å²) >= 11 is 0. The highest BCUT2D eigenvalue weighted by atomic mass is 19.1. The Balaban J connectivity index is 2.85. The molecule has 0 heterocycles. The normalized spacial score (nSPS) is 12.2. The quantitative estimate of drug-likeness (QED) is 0.608. The molecule has 1 heteroatoms. The van der Waals surface area contributed by atoms with Crippen LogP contribution in [0, 0.1) is 31.0 Å². The van der Waals surface area contributed by atoms with Crippen molar-refractivity contribution in [2.75, 3.05) is 0 Å². The molecule has 1 aromatic rings. The molecule has 0 aliphatic heterocycles. The van der Waals surface area contributed by atoms with Gasteiger partial charge < -0.3 is 0 Å². The second kappa shape index (κ2) is 4.09. The fourth-order valence-corrected chi connectivity index (χ4v) is 1.21. The topological polar surface area (TPSA) is 0 Å². The van der Waals surface area contributed by atoms with Crippen molar-refractivity contribution in [2.24, 2.45) is 5.92 Å². The average Bonchev–Trinajstić information content (AvgIpc) is 2.09. The first-order chi connectivity index (χ1) is 6.13. The summed E-state index contributed by atoms with van der Waals surface area (Å²) < 4.78 is 13.3. The van der Waals surface area contributed by atoms with E-state index in [2.05, 4.69) is 5.92 Å². The van der Waals surface area contributed by atoms with E-state index in [9.17, 15) is 4.39 Å². The molecule has 0 N–H and O–H groups in total. The van der Waals surface area contributed by atoms with Gasteiger partial charge in [0, 0.05) is 5.92 Å². The molecule has 0 aromatic heterocycles. The smallest absolute Gasteiger partial charge is 0.126 e. The van der Waals surface area contributed by atoms with Gasteiger partial charge in [0.05, 0.1) is 0 Å². The minimum absolute atomic E-state index is 0.0946. The van der Waals surface area contributed by atoms with Crippen molar-refractivity contribution in [3.63, 3.8) is 0 Å². The molecule has 0 saturated heterocycles. The third-order valence-corrected chi connectivity index (χ3v) is 2.02. The minimum Gasteiger partial charge on any atom is -0.207 e. The van der Waals surface area contributed by atoms with Gasteiger partial charge in [0.2, 0.25) is 0 Å². The summed E-state index contributed by atoms with van der Waals surface area (Å²) in [6.45, 7) is 3.79. The van der Waals surface area contributed by atoms with Gasteiger partial charge in [0.1, 0.15) is 5.82 Å². The van der Waals surface area contributed by atoms with Crippen molar-refractivity contribution in [3.8, 4) is 12.3 Å². The minimum atomic E-state index is -0.151. The number of aryl methyl sites for hydroxylation is 1. The van der Waals surface area contributed by atoms with Gasteiger partial charge in [0.15, 0.2) is 0 Å². The van der Waals surface area contributed by atoms with E-state index in [-0.39, 0.29) is 11.7 Å². The maximum absolute atomic E-state index is 13.3. The molecule has 13 heavy (non-hydrogen) atoms. The van der Waals surface area contributed by atoms with Crippen LogP contribution in [0.5, 0.6) is 0 Å². The Morgan fingerprint density at radius 3 is 2.77 bits per heavy atom. The lowest BCUT2D eigenvalue weighted by atomic mass is 10.0. The van der Waals surface area contributed by atoms with E-state index >= 15 is 0 Å². The van der Waals surface area contributed by atoms with Gasteiger partial charge in [-0.3, -0.25) is 0 Å². The number of hydrogen-bond donors (Lipinski definition) is 0. The van der Waals surface area contributed by atoms with Gasteiger partial charge in [-0.2, -0.15) is 0 Å². The van der Waals surface area contributed by atoms with Crippen molar-refractivity contribution >= 4 is 0 Å². The highest BCUT2D eigenvalue weighted by molar-refractivity contribution is 5.24. The van der Waals surface area contributed by atoms with Crippen LogP contribution in [0.25, 0.3) is 0 Å². The van der Waals surface area contributed by atoms with Gasteiger partial charge in [-0.05, 0) is 30.5 Å². The number of rotatable bonds is 2. The Kier molecular flexibility index (Phi) is 3.08. The molecule has 0 bridgehead atoms. The molecule has 1 aromatic carbocycles. The number of benzene rings is 1. The molecular formula is C12H13F. The first-order valence-corrected chi connectivity index (χ1v) is 4.34. The lowest BCUT2D eigenvalue weighted by molar-refractivity contribution is 0.594. The van der Waals surface area contributed by atoms with Crippen molar-refractivity contribution in [3.05, 3.63) is 35.1 Å². The zero-order valence-corrected chi connectivity index (χ0v) is 7.97. The summed E-state index contributed by atoms with van der Waals surface area (Å²) in [5.74, 6) is 2.53. The summed E-state index contributed by atoms with van der Waals surface area (Å²) in [7, 11) is 0. The number of halogens is 1. The summed E-state index contributed by atoms with van der Waals surface area (Å²) in [5, 5.41) is 0. The maximum atomic E-state index is 13.3. The van der Waals surface area contributed by atoms with Crippen molar-refractivity contribution < 1.29 is 4.39 Å². The Morgan fingerprint density at radius 2 is 2.23 bits per heavy atom. The molecule has 68 valence electrons. The molecule has 0 radical (unpaired) electrons. The first-order valence-electron chi connectivity index (χ1n) is 4.34. The van der Waals surface area contributed by atoms with E-state index in [0.717, 1.165) is 5.56 Å². The number of hydrogen-bond acceptors (Lipinski definition) is 0. The second-order valence-corrected chi connectivity index (χ2v) is 3.37. The summed E-state index contributed by atoms with van der Waals surface area (Å²) in [6.07, 6.45) is 5.84. The van der Waals surface area contributed by atoms with Crippen LogP contribution in [0.15, 0.2) is 18.2 Å². The van der Waals surface area contributed by atoms with Crippen molar-refractivity contribution in [2.45, 2.75) is 20.3 Å². The van der Waals surface area contributed by atoms with Gasteiger partial charge in [-0.25, -0.2) is 4.39 Å². The standard InChI is InChI=1S/C12H13F/c1-4-9(2)7-11-6-5-10(3)8-12(11)13/h1,5-6,8-9H,7H2,2-3H3. The average molecular weight is 176 g/mol. The molecular weight excluding hydrogens is 163 g/mol. The lowest BCUT2D eigenvalue weighted by Crippen LogP contribution is -1.99. The summed E-state index contributed by atoms with van der Waals surface area (Å²) in [5.41, 5.74) is 1.64. The van der Waals surface area contributed by atoms with Crippen LogP contribution >= 0.6 is 0 Å². The Hall–Kier alpha value is -1.29. The van der Waals surface area contributed by atoms with Gasteiger partial charge in [0.25, 0.3) is 0 Å². The molecule has 1 unspecified atom stereocenters. The molecule has 0 nitrogen and oxygen atoms in total. The van der Waals surface area contributed by atoms with E-state index in [0.29, 0.717) is 12.0 Å². The van der Waals surface area contributed by atoms with Crippen LogP contribution in [0.3, 0.4) is 0 Å². The van der Waals surface area contributed by atoms with E-state index < -0.39 is 0 Å². The van der Waals surface area contributed by atoms with Crippen LogP contribution in [0.2, 0.25) is 0 Å². The Labute approximate surface area is 78.8 Å². The monoisotopic (exact) mass is 176 g/mol. The summed E-state index contributed by atoms with van der Waals surface area (Å²) in [4.78, 5) is 0. The molecule has 0 saturated carbocycles. The van der Waals surface area contributed by atoms with Crippen molar-refractivity contribution in [1.29, 1.82) is 0 Å². The fraction of sp³-hybridized carbons (Fsp3) is 0.333. The summed E-state index contributed by atoms with van der Waals surface area (Å²) in [6, 6.07) is 5.25. The van der Waals surface area contributed by atoms with Crippen molar-refractivity contribution in [1.82, 2.24) is 0 Å². The zero-order chi connectivity index (χ0) is 9.84. The SMILES string of the molecule is C#CC(C)Cc1ccc(C)cc1F. The molecule has 0 spiro atoms. The highest BCUT2D eigenvalue weighted by Crippen LogP contribution is 2.13. The van der Waals surface area contributed by atoms with E-state index in [1.54, 1.807) is 12.1 Å². The Bertz CT molecular complexity index is 333. The molecule has 0 fully saturated rings. The van der Waals surface area contributed by atoms with E-state index in [1.807, 2.05) is 19.9 Å². The van der Waals surface area contributed by atoms with Crippen LogP contribution < -0.4 is 0 Å². The molecule has 1 atom stereocenters. The lowest BCUT2D eigenvalue weighted by Gasteiger charge is -2.05. The molecule has 0 aliphatic rings. The zero-order valence-electron chi connectivity index (χ0n) is 7.97. The molecule has 1 rings (SSSR count). The third kappa shape index (κ3) is 2.59. The fourth-order valence-electron chi connectivity index (χ4n) is 1.21. The Morgan fingerprint density at radius 1 is 1.54 bits per heavy atom. The van der Waals surface area contributed by atoms with Crippen LogP contribution in [0.1, 0.15) is 18.1 Å². The number of terminal acetylenes is 1. The maximum Gasteiger partial charge on any atom is 0.126 e.